The summed E-state index contributed by atoms with van der Waals surface area (Å²) in [5.41, 5.74) is 0.368. The molecule has 3 heteroatoms. The van der Waals surface area contributed by atoms with E-state index in [0.717, 1.165) is 26.1 Å². The Hall–Kier alpha value is -0.120. The van der Waals surface area contributed by atoms with Crippen LogP contribution in [-0.4, -0.2) is 47.3 Å². The lowest BCUT2D eigenvalue weighted by Crippen LogP contribution is -2.66. The summed E-state index contributed by atoms with van der Waals surface area (Å²) in [5, 5.41) is 14.2. The number of piperazine rings is 1. The van der Waals surface area contributed by atoms with Gasteiger partial charge in [-0.25, -0.2) is 0 Å². The first-order valence-corrected chi connectivity index (χ1v) is 8.47. The van der Waals surface area contributed by atoms with E-state index in [1.807, 2.05) is 0 Å². The molecule has 0 aromatic heterocycles. The van der Waals surface area contributed by atoms with Gasteiger partial charge in [0.25, 0.3) is 0 Å². The molecule has 0 amide bonds. The van der Waals surface area contributed by atoms with Gasteiger partial charge in [0.1, 0.15) is 0 Å². The van der Waals surface area contributed by atoms with Crippen molar-refractivity contribution in [3.05, 3.63) is 0 Å². The van der Waals surface area contributed by atoms with Crippen LogP contribution in [-0.2, 0) is 0 Å². The fourth-order valence-corrected chi connectivity index (χ4v) is 4.68. The molecule has 19 heavy (non-hydrogen) atoms. The molecule has 0 aromatic rings. The van der Waals surface area contributed by atoms with Crippen LogP contribution in [0.4, 0.5) is 0 Å². The van der Waals surface area contributed by atoms with E-state index >= 15 is 0 Å². The van der Waals surface area contributed by atoms with E-state index in [-0.39, 0.29) is 6.10 Å². The molecule has 2 atom stereocenters. The summed E-state index contributed by atoms with van der Waals surface area (Å²) in [6.07, 6.45) is 12.8. The first-order chi connectivity index (χ1) is 9.32. The van der Waals surface area contributed by atoms with E-state index in [0.29, 0.717) is 11.6 Å². The summed E-state index contributed by atoms with van der Waals surface area (Å²) in [4.78, 5) is 2.73. The van der Waals surface area contributed by atoms with E-state index in [1.54, 1.807) is 0 Å². The maximum atomic E-state index is 10.6. The number of aliphatic hydroxyl groups is 1. The van der Waals surface area contributed by atoms with Crippen molar-refractivity contribution < 1.29 is 5.11 Å². The molecule has 3 nitrogen and oxygen atoms in total. The Kier molecular flexibility index (Phi) is 4.45. The quantitative estimate of drug-likeness (QED) is 0.715. The standard InChI is InChI=1S/C16H30N2O/c19-15-8-4-1-3-7-14(15)18-12-11-17-13-16(18)9-5-2-6-10-16/h14-15,17,19H,1-13H2. The SMILES string of the molecule is OC1CCCCCC1N1CCNCC12CCCCC2. The Balaban J connectivity index is 1.78. The van der Waals surface area contributed by atoms with Gasteiger partial charge >= 0.3 is 0 Å². The van der Waals surface area contributed by atoms with Crippen LogP contribution in [0.25, 0.3) is 0 Å². The van der Waals surface area contributed by atoms with Gasteiger partial charge in [0.05, 0.1) is 6.10 Å². The van der Waals surface area contributed by atoms with Crippen LogP contribution >= 0.6 is 0 Å². The van der Waals surface area contributed by atoms with Crippen molar-refractivity contribution in [2.75, 3.05) is 19.6 Å². The Bertz CT molecular complexity index is 280. The summed E-state index contributed by atoms with van der Waals surface area (Å²) in [7, 11) is 0. The first-order valence-electron chi connectivity index (χ1n) is 8.47. The van der Waals surface area contributed by atoms with Crippen LogP contribution in [0.2, 0.25) is 0 Å². The van der Waals surface area contributed by atoms with Crippen molar-refractivity contribution in [1.82, 2.24) is 10.2 Å². The highest BCUT2D eigenvalue weighted by molar-refractivity contribution is 5.01. The lowest BCUT2D eigenvalue weighted by molar-refractivity contribution is -0.0544. The zero-order valence-electron chi connectivity index (χ0n) is 12.2. The molecule has 1 spiro atoms. The average Bonchev–Trinajstić information content (AvgIpc) is 2.65. The summed E-state index contributed by atoms with van der Waals surface area (Å²) >= 11 is 0. The zero-order chi connectivity index (χ0) is 13.1. The second-order valence-electron chi connectivity index (χ2n) is 6.93. The Morgan fingerprint density at radius 1 is 0.947 bits per heavy atom. The van der Waals surface area contributed by atoms with Crippen molar-refractivity contribution in [3.8, 4) is 0 Å². The van der Waals surface area contributed by atoms with Gasteiger partial charge in [0.2, 0.25) is 0 Å². The Morgan fingerprint density at radius 2 is 1.68 bits per heavy atom. The molecule has 110 valence electrons. The molecular formula is C16H30N2O. The molecule has 0 radical (unpaired) electrons. The van der Waals surface area contributed by atoms with Crippen molar-refractivity contribution >= 4 is 0 Å². The maximum absolute atomic E-state index is 10.6. The predicted octanol–water partition coefficient (Wildman–Crippen LogP) is 2.29. The molecule has 3 fully saturated rings. The summed E-state index contributed by atoms with van der Waals surface area (Å²) in [5.74, 6) is 0. The van der Waals surface area contributed by atoms with Crippen LogP contribution in [0.5, 0.6) is 0 Å². The smallest absolute Gasteiger partial charge is 0.0695 e. The van der Waals surface area contributed by atoms with Crippen LogP contribution in [0.3, 0.4) is 0 Å². The summed E-state index contributed by atoms with van der Waals surface area (Å²) < 4.78 is 0. The number of aliphatic hydroxyl groups excluding tert-OH is 1. The van der Waals surface area contributed by atoms with Crippen LogP contribution in [0.1, 0.15) is 64.2 Å². The number of hydrogen-bond donors (Lipinski definition) is 2. The topological polar surface area (TPSA) is 35.5 Å². The number of nitrogens with one attached hydrogen (secondary N) is 1. The highest BCUT2D eigenvalue weighted by atomic mass is 16.3. The predicted molar refractivity (Wildman–Crippen MR) is 78.3 cm³/mol. The molecule has 1 saturated heterocycles. The second-order valence-corrected chi connectivity index (χ2v) is 6.93. The van der Waals surface area contributed by atoms with Gasteiger partial charge in [-0.3, -0.25) is 4.90 Å². The molecule has 0 aromatic carbocycles. The van der Waals surface area contributed by atoms with E-state index in [4.69, 9.17) is 0 Å². The van der Waals surface area contributed by atoms with Crippen LogP contribution in [0.15, 0.2) is 0 Å². The van der Waals surface area contributed by atoms with Gasteiger partial charge < -0.3 is 10.4 Å². The second kappa shape index (κ2) is 6.11. The van der Waals surface area contributed by atoms with Crippen molar-refractivity contribution in [1.29, 1.82) is 0 Å². The molecule has 2 saturated carbocycles. The fraction of sp³-hybridized carbons (Fsp3) is 1.00. The van der Waals surface area contributed by atoms with Gasteiger partial charge in [-0.2, -0.15) is 0 Å². The van der Waals surface area contributed by atoms with E-state index in [1.165, 1.54) is 57.8 Å². The van der Waals surface area contributed by atoms with Crippen LogP contribution in [0, 0.1) is 0 Å². The van der Waals surface area contributed by atoms with Crippen molar-refractivity contribution in [2.24, 2.45) is 0 Å². The third kappa shape index (κ3) is 2.84. The van der Waals surface area contributed by atoms with E-state index in [2.05, 4.69) is 10.2 Å². The first kappa shape index (κ1) is 13.8. The monoisotopic (exact) mass is 266 g/mol. The molecule has 2 unspecified atom stereocenters. The zero-order valence-corrected chi connectivity index (χ0v) is 12.2. The largest absolute Gasteiger partial charge is 0.391 e. The lowest BCUT2D eigenvalue weighted by atomic mass is 9.77. The highest BCUT2D eigenvalue weighted by Crippen LogP contribution is 2.38. The van der Waals surface area contributed by atoms with Gasteiger partial charge in [-0.05, 0) is 25.7 Å². The Morgan fingerprint density at radius 3 is 2.53 bits per heavy atom. The fourth-order valence-electron chi connectivity index (χ4n) is 4.68. The lowest BCUT2D eigenvalue weighted by Gasteiger charge is -2.54. The minimum atomic E-state index is -0.0839. The number of rotatable bonds is 1. The van der Waals surface area contributed by atoms with E-state index in [9.17, 15) is 5.11 Å². The average molecular weight is 266 g/mol. The Labute approximate surface area is 117 Å². The molecule has 1 heterocycles. The molecule has 3 rings (SSSR count). The maximum Gasteiger partial charge on any atom is 0.0695 e. The van der Waals surface area contributed by atoms with Crippen molar-refractivity contribution in [3.63, 3.8) is 0 Å². The molecule has 3 aliphatic rings. The molecule has 1 aliphatic heterocycles. The van der Waals surface area contributed by atoms with Gasteiger partial charge in [0.15, 0.2) is 0 Å². The minimum Gasteiger partial charge on any atom is -0.391 e. The van der Waals surface area contributed by atoms with Gasteiger partial charge in [-0.15, -0.1) is 0 Å². The third-order valence-electron chi connectivity index (χ3n) is 5.72. The molecular weight excluding hydrogens is 236 g/mol. The van der Waals surface area contributed by atoms with Crippen molar-refractivity contribution in [2.45, 2.75) is 81.9 Å². The third-order valence-corrected chi connectivity index (χ3v) is 5.72. The summed E-state index contributed by atoms with van der Waals surface area (Å²) in [6.45, 7) is 3.39. The van der Waals surface area contributed by atoms with Gasteiger partial charge in [-0.1, -0.05) is 38.5 Å². The molecule has 2 aliphatic carbocycles. The van der Waals surface area contributed by atoms with Gasteiger partial charge in [0, 0.05) is 31.2 Å². The molecule has 2 N–H and O–H groups in total. The highest BCUT2D eigenvalue weighted by Gasteiger charge is 2.44. The minimum absolute atomic E-state index is 0.0839. The molecule has 0 bridgehead atoms. The number of nitrogens with zero attached hydrogens (tertiary/aromatic N) is 1. The van der Waals surface area contributed by atoms with Crippen LogP contribution < -0.4 is 5.32 Å². The number of hydrogen-bond acceptors (Lipinski definition) is 3. The normalized spacial score (nSPS) is 37.1. The van der Waals surface area contributed by atoms with E-state index < -0.39 is 0 Å². The summed E-state index contributed by atoms with van der Waals surface area (Å²) in [6, 6.07) is 0.433.